The quantitative estimate of drug-likeness (QED) is 0.740. The molecule has 0 aliphatic carbocycles. The Morgan fingerprint density at radius 1 is 1.37 bits per heavy atom. The lowest BCUT2D eigenvalue weighted by atomic mass is 10.0. The Kier molecular flexibility index (Phi) is 5.26. The molecular formula is C13H11BrCl2FNS. The number of hydrogen-bond donors (Lipinski definition) is 1. The second-order valence-corrected chi connectivity index (χ2v) is 7.20. The summed E-state index contributed by atoms with van der Waals surface area (Å²) in [5.74, 6) is -0.248. The van der Waals surface area contributed by atoms with Crippen LogP contribution < -0.4 is 5.32 Å². The second-order valence-electron chi connectivity index (χ2n) is 4.06. The number of likely N-dealkylation sites (N-methyl/N-ethyl adjacent to an activating group) is 1. The second kappa shape index (κ2) is 6.55. The first-order valence-electron chi connectivity index (χ1n) is 5.57. The van der Waals surface area contributed by atoms with Gasteiger partial charge in [-0.2, -0.15) is 0 Å². The van der Waals surface area contributed by atoms with Gasteiger partial charge in [-0.25, -0.2) is 4.39 Å². The highest BCUT2D eigenvalue weighted by Gasteiger charge is 2.18. The predicted octanol–water partition coefficient (Wildman–Crippen LogP) is 5.46. The van der Waals surface area contributed by atoms with E-state index in [4.69, 9.17) is 23.2 Å². The zero-order valence-electron chi connectivity index (χ0n) is 10.0. The van der Waals surface area contributed by atoms with Crippen LogP contribution in [0.1, 0.15) is 17.2 Å². The van der Waals surface area contributed by atoms with Crippen molar-refractivity contribution in [3.05, 3.63) is 54.4 Å². The molecule has 0 amide bonds. The lowest BCUT2D eigenvalue weighted by Gasteiger charge is -2.16. The molecule has 2 aromatic rings. The minimum absolute atomic E-state index is 0.00523. The molecule has 0 saturated carbocycles. The van der Waals surface area contributed by atoms with Gasteiger partial charge in [0.2, 0.25) is 0 Å². The van der Waals surface area contributed by atoms with Gasteiger partial charge in [0.15, 0.2) is 0 Å². The first-order valence-corrected chi connectivity index (χ1v) is 7.93. The molecule has 0 spiro atoms. The van der Waals surface area contributed by atoms with Gasteiger partial charge in [-0.05, 0) is 43.3 Å². The Labute approximate surface area is 133 Å². The molecule has 102 valence electrons. The Balaban J connectivity index is 2.29. The third-order valence-electron chi connectivity index (χ3n) is 2.84. The van der Waals surface area contributed by atoms with Gasteiger partial charge in [0, 0.05) is 16.1 Å². The summed E-state index contributed by atoms with van der Waals surface area (Å²) >= 11 is 16.9. The van der Waals surface area contributed by atoms with E-state index < -0.39 is 0 Å². The summed E-state index contributed by atoms with van der Waals surface area (Å²) in [5, 5.41) is 3.19. The average Bonchev–Trinajstić information content (AvgIpc) is 2.69. The first kappa shape index (κ1) is 15.3. The fraction of sp³-hybridized carbons (Fsp3) is 0.231. The van der Waals surface area contributed by atoms with E-state index in [2.05, 4.69) is 21.2 Å². The number of rotatable bonds is 4. The van der Waals surface area contributed by atoms with E-state index in [0.717, 1.165) is 15.6 Å². The molecule has 1 nitrogen and oxygen atoms in total. The molecule has 1 unspecified atom stereocenters. The Bertz CT molecular complexity index is 588. The van der Waals surface area contributed by atoms with Crippen molar-refractivity contribution in [1.29, 1.82) is 0 Å². The highest BCUT2D eigenvalue weighted by atomic mass is 79.9. The summed E-state index contributed by atoms with van der Waals surface area (Å²) < 4.78 is 15.5. The Hall–Kier alpha value is -0.130. The predicted molar refractivity (Wildman–Crippen MR) is 83.9 cm³/mol. The van der Waals surface area contributed by atoms with E-state index in [1.807, 2.05) is 13.1 Å². The van der Waals surface area contributed by atoms with Crippen LogP contribution in [-0.2, 0) is 6.42 Å². The molecule has 0 aliphatic heterocycles. The fourth-order valence-corrected chi connectivity index (χ4v) is 3.87. The van der Waals surface area contributed by atoms with Crippen molar-refractivity contribution in [1.82, 2.24) is 5.32 Å². The molecule has 0 saturated heterocycles. The molecule has 1 N–H and O–H groups in total. The third-order valence-corrected chi connectivity index (χ3v) is 5.13. The van der Waals surface area contributed by atoms with E-state index in [1.54, 1.807) is 6.07 Å². The van der Waals surface area contributed by atoms with Gasteiger partial charge >= 0.3 is 0 Å². The molecule has 1 aromatic heterocycles. The lowest BCUT2D eigenvalue weighted by Crippen LogP contribution is -2.18. The molecule has 0 radical (unpaired) electrons. The van der Waals surface area contributed by atoms with Crippen LogP contribution in [0.3, 0.4) is 0 Å². The largest absolute Gasteiger partial charge is 0.313 e. The standard InChI is InChI=1S/C13H11BrCl2FNS/c1-18-11(9-6-12(15)19-13(9)16)5-7-4-8(17)2-3-10(7)14/h2-4,6,11,18H,5H2,1H3. The van der Waals surface area contributed by atoms with Crippen LogP contribution in [-0.4, -0.2) is 7.05 Å². The molecule has 2 rings (SSSR count). The summed E-state index contributed by atoms with van der Waals surface area (Å²) in [6.07, 6.45) is 0.627. The molecule has 0 bridgehead atoms. The van der Waals surface area contributed by atoms with Crippen molar-refractivity contribution in [2.75, 3.05) is 7.05 Å². The van der Waals surface area contributed by atoms with Crippen LogP contribution in [0.5, 0.6) is 0 Å². The van der Waals surface area contributed by atoms with Crippen LogP contribution in [0.15, 0.2) is 28.7 Å². The zero-order chi connectivity index (χ0) is 14.0. The minimum Gasteiger partial charge on any atom is -0.313 e. The number of benzene rings is 1. The Morgan fingerprint density at radius 2 is 2.11 bits per heavy atom. The summed E-state index contributed by atoms with van der Waals surface area (Å²) in [6.45, 7) is 0. The van der Waals surface area contributed by atoms with Gasteiger partial charge in [-0.1, -0.05) is 39.1 Å². The molecule has 0 fully saturated rings. The van der Waals surface area contributed by atoms with Crippen molar-refractivity contribution in [2.45, 2.75) is 12.5 Å². The lowest BCUT2D eigenvalue weighted by molar-refractivity contribution is 0.584. The molecule has 6 heteroatoms. The number of halogens is 4. The van der Waals surface area contributed by atoms with Crippen molar-refractivity contribution < 1.29 is 4.39 Å². The van der Waals surface area contributed by atoms with Gasteiger partial charge < -0.3 is 5.32 Å². The summed E-state index contributed by atoms with van der Waals surface area (Å²) in [4.78, 5) is 0. The number of nitrogens with one attached hydrogen (secondary N) is 1. The van der Waals surface area contributed by atoms with Crippen LogP contribution >= 0.6 is 50.5 Å². The fourth-order valence-electron chi connectivity index (χ4n) is 1.88. The van der Waals surface area contributed by atoms with E-state index in [1.165, 1.54) is 23.5 Å². The molecule has 1 atom stereocenters. The topological polar surface area (TPSA) is 12.0 Å². The van der Waals surface area contributed by atoms with E-state index in [-0.39, 0.29) is 11.9 Å². The molecular weight excluding hydrogens is 372 g/mol. The number of hydrogen-bond acceptors (Lipinski definition) is 2. The molecule has 1 heterocycles. The van der Waals surface area contributed by atoms with E-state index >= 15 is 0 Å². The summed E-state index contributed by atoms with van der Waals surface area (Å²) in [7, 11) is 1.85. The number of thiophene rings is 1. The maximum absolute atomic E-state index is 13.3. The first-order chi connectivity index (χ1) is 9.01. The monoisotopic (exact) mass is 381 g/mol. The van der Waals surface area contributed by atoms with E-state index in [9.17, 15) is 4.39 Å². The summed E-state index contributed by atoms with van der Waals surface area (Å²) in [5.41, 5.74) is 1.83. The normalized spacial score (nSPS) is 12.7. The zero-order valence-corrected chi connectivity index (χ0v) is 13.9. The van der Waals surface area contributed by atoms with Gasteiger partial charge in [-0.3, -0.25) is 0 Å². The SMILES string of the molecule is CNC(Cc1cc(F)ccc1Br)c1cc(Cl)sc1Cl. The highest BCUT2D eigenvalue weighted by Crippen LogP contribution is 2.36. The van der Waals surface area contributed by atoms with E-state index in [0.29, 0.717) is 15.1 Å². The van der Waals surface area contributed by atoms with Gasteiger partial charge in [-0.15, -0.1) is 11.3 Å². The van der Waals surface area contributed by atoms with Crippen molar-refractivity contribution >= 4 is 50.5 Å². The minimum atomic E-state index is -0.248. The van der Waals surface area contributed by atoms with Crippen LogP contribution in [0.4, 0.5) is 4.39 Å². The highest BCUT2D eigenvalue weighted by molar-refractivity contribution is 9.10. The van der Waals surface area contributed by atoms with Gasteiger partial charge in [0.1, 0.15) is 5.82 Å². The van der Waals surface area contributed by atoms with Crippen LogP contribution in [0.25, 0.3) is 0 Å². The van der Waals surface area contributed by atoms with Gasteiger partial charge in [0.25, 0.3) is 0 Å². The third kappa shape index (κ3) is 3.70. The maximum Gasteiger partial charge on any atom is 0.123 e. The van der Waals surface area contributed by atoms with Crippen LogP contribution in [0.2, 0.25) is 8.67 Å². The molecule has 0 aliphatic rings. The average molecular weight is 383 g/mol. The van der Waals surface area contributed by atoms with Crippen molar-refractivity contribution in [2.24, 2.45) is 0 Å². The summed E-state index contributed by atoms with van der Waals surface area (Å²) in [6, 6.07) is 6.50. The maximum atomic E-state index is 13.3. The van der Waals surface area contributed by atoms with Crippen LogP contribution in [0, 0.1) is 5.82 Å². The molecule has 19 heavy (non-hydrogen) atoms. The van der Waals surface area contributed by atoms with Crippen molar-refractivity contribution in [3.63, 3.8) is 0 Å². The smallest absolute Gasteiger partial charge is 0.123 e. The molecule has 1 aromatic carbocycles. The van der Waals surface area contributed by atoms with Gasteiger partial charge in [0.05, 0.1) is 8.67 Å². The van der Waals surface area contributed by atoms with Crippen molar-refractivity contribution in [3.8, 4) is 0 Å². The Morgan fingerprint density at radius 3 is 2.68 bits per heavy atom.